The maximum atomic E-state index is 15.2. The number of benzene rings is 4. The number of ether oxygens (including phenoxy) is 1. The van der Waals surface area contributed by atoms with E-state index in [1.807, 2.05) is 43.3 Å². The highest BCUT2D eigenvalue weighted by Crippen LogP contribution is 2.65. The lowest BCUT2D eigenvalue weighted by Crippen LogP contribution is -2.53. The standard InChI is InChI=1S/C40H34N4O8/c1-22-8-10-24(11-9-22)41-43-37(47)32-21-30-28(17-18-29-34(30)38(48)42(36(29)46)25-12-14-26(15-13-25)44(50)51)35(31-20-27(52-2)16-19-33(31)45)40(32,39(43)49)23-6-4-3-5-7-23/h3-17,19-20,29-30,32,34-35,41,45H,18,21H2,1-2H3/t29-,30+,32-,34-,35+,40+/m0/s1. The van der Waals surface area contributed by atoms with Crippen molar-refractivity contribution in [1.82, 2.24) is 5.01 Å². The maximum Gasteiger partial charge on any atom is 0.269 e. The monoisotopic (exact) mass is 698 g/mol. The Balaban J connectivity index is 1.31. The normalized spacial score (nSPS) is 26.4. The van der Waals surface area contributed by atoms with Crippen LogP contribution in [0.5, 0.6) is 11.5 Å². The number of non-ortho nitro benzene ring substituents is 1. The lowest BCUT2D eigenvalue weighted by Gasteiger charge is -2.50. The second kappa shape index (κ2) is 12.2. The number of allylic oxidation sites excluding steroid dienone is 2. The number of nitrogens with zero attached hydrogens (tertiary/aromatic N) is 3. The van der Waals surface area contributed by atoms with Crippen molar-refractivity contribution in [3.05, 3.63) is 136 Å². The Hall–Kier alpha value is -6.30. The number of hydrogen-bond donors (Lipinski definition) is 2. The summed E-state index contributed by atoms with van der Waals surface area (Å²) in [5.74, 6) is -5.85. The first kappa shape index (κ1) is 32.9. The number of nitro benzene ring substituents is 1. The molecule has 2 saturated heterocycles. The molecule has 2 aliphatic heterocycles. The van der Waals surface area contributed by atoms with Crippen molar-refractivity contribution in [1.29, 1.82) is 0 Å². The summed E-state index contributed by atoms with van der Waals surface area (Å²) in [5, 5.41) is 24.0. The average molecular weight is 699 g/mol. The van der Waals surface area contributed by atoms with Crippen LogP contribution in [0.25, 0.3) is 0 Å². The summed E-state index contributed by atoms with van der Waals surface area (Å²) >= 11 is 0. The number of methoxy groups -OCH3 is 1. The molecule has 262 valence electrons. The van der Waals surface area contributed by atoms with Crippen molar-refractivity contribution in [2.24, 2.45) is 23.7 Å². The minimum absolute atomic E-state index is 0.0763. The molecule has 12 nitrogen and oxygen atoms in total. The largest absolute Gasteiger partial charge is 0.508 e. The number of amides is 4. The third-order valence-electron chi connectivity index (χ3n) is 11.3. The highest BCUT2D eigenvalue weighted by Gasteiger charge is 2.70. The van der Waals surface area contributed by atoms with Gasteiger partial charge >= 0.3 is 0 Å². The minimum Gasteiger partial charge on any atom is -0.508 e. The van der Waals surface area contributed by atoms with Crippen LogP contribution in [-0.4, -0.2) is 45.8 Å². The Morgan fingerprint density at radius 2 is 1.60 bits per heavy atom. The third kappa shape index (κ3) is 4.74. The molecule has 4 aromatic carbocycles. The number of hydrazine groups is 1. The van der Waals surface area contributed by atoms with Crippen LogP contribution >= 0.6 is 0 Å². The van der Waals surface area contributed by atoms with Gasteiger partial charge in [0.1, 0.15) is 11.5 Å². The molecule has 0 radical (unpaired) electrons. The number of aromatic hydroxyl groups is 1. The van der Waals surface area contributed by atoms with Crippen molar-refractivity contribution in [2.45, 2.75) is 31.1 Å². The Kier molecular flexibility index (Phi) is 7.70. The molecular formula is C40H34N4O8. The molecule has 0 unspecified atom stereocenters. The van der Waals surface area contributed by atoms with Crippen LogP contribution in [0, 0.1) is 40.7 Å². The number of nitrogens with one attached hydrogen (secondary N) is 1. The van der Waals surface area contributed by atoms with Gasteiger partial charge in [0.25, 0.3) is 17.5 Å². The topological polar surface area (TPSA) is 159 Å². The molecule has 1 saturated carbocycles. The molecule has 52 heavy (non-hydrogen) atoms. The Labute approximate surface area is 298 Å². The van der Waals surface area contributed by atoms with Gasteiger partial charge in [-0.3, -0.25) is 39.6 Å². The molecule has 2 N–H and O–H groups in total. The summed E-state index contributed by atoms with van der Waals surface area (Å²) in [4.78, 5) is 70.3. The van der Waals surface area contributed by atoms with Crippen LogP contribution in [0.15, 0.2) is 109 Å². The Morgan fingerprint density at radius 3 is 2.27 bits per heavy atom. The fourth-order valence-corrected chi connectivity index (χ4v) is 8.96. The van der Waals surface area contributed by atoms with Crippen molar-refractivity contribution in [3.63, 3.8) is 0 Å². The van der Waals surface area contributed by atoms with E-state index >= 15 is 4.79 Å². The molecule has 8 rings (SSSR count). The predicted octanol–water partition coefficient (Wildman–Crippen LogP) is 5.81. The van der Waals surface area contributed by atoms with E-state index in [1.54, 1.807) is 36.4 Å². The van der Waals surface area contributed by atoms with Crippen LogP contribution in [0.4, 0.5) is 17.1 Å². The second-order valence-corrected chi connectivity index (χ2v) is 13.8. The average Bonchev–Trinajstić information content (AvgIpc) is 3.54. The van der Waals surface area contributed by atoms with Gasteiger partial charge in [0.05, 0.1) is 46.6 Å². The molecule has 4 aliphatic rings. The zero-order chi connectivity index (χ0) is 36.5. The van der Waals surface area contributed by atoms with Gasteiger partial charge in [0, 0.05) is 23.6 Å². The van der Waals surface area contributed by atoms with Gasteiger partial charge in [0.2, 0.25) is 11.8 Å². The minimum atomic E-state index is -1.56. The fourth-order valence-electron chi connectivity index (χ4n) is 8.96. The quantitative estimate of drug-likeness (QED) is 0.105. The van der Waals surface area contributed by atoms with E-state index in [4.69, 9.17) is 4.74 Å². The number of phenols is 1. The lowest BCUT2D eigenvalue weighted by atomic mass is 9.49. The predicted molar refractivity (Wildman–Crippen MR) is 189 cm³/mol. The maximum absolute atomic E-state index is 15.2. The van der Waals surface area contributed by atoms with E-state index < -0.39 is 63.6 Å². The number of fused-ring (bicyclic) bond motifs is 4. The van der Waals surface area contributed by atoms with Crippen LogP contribution in [-0.2, 0) is 24.6 Å². The lowest BCUT2D eigenvalue weighted by molar-refractivity contribution is -0.384. The third-order valence-corrected chi connectivity index (χ3v) is 11.3. The van der Waals surface area contributed by atoms with Crippen LogP contribution in [0.1, 0.15) is 35.4 Å². The van der Waals surface area contributed by atoms with Gasteiger partial charge in [-0.05, 0) is 73.7 Å². The highest BCUT2D eigenvalue weighted by molar-refractivity contribution is 6.22. The summed E-state index contributed by atoms with van der Waals surface area (Å²) in [6, 6.07) is 26.3. The van der Waals surface area contributed by atoms with Gasteiger partial charge in [-0.15, -0.1) is 0 Å². The number of hydrogen-bond acceptors (Lipinski definition) is 9. The first-order valence-corrected chi connectivity index (χ1v) is 17.0. The number of phenolic OH excluding ortho intramolecular Hbond substituents is 1. The van der Waals surface area contributed by atoms with Gasteiger partial charge in [0.15, 0.2) is 0 Å². The van der Waals surface area contributed by atoms with Crippen LogP contribution in [0.3, 0.4) is 0 Å². The first-order chi connectivity index (χ1) is 25.1. The van der Waals surface area contributed by atoms with E-state index in [0.717, 1.165) is 15.5 Å². The summed E-state index contributed by atoms with van der Waals surface area (Å²) in [7, 11) is 1.49. The molecule has 2 aliphatic carbocycles. The zero-order valence-corrected chi connectivity index (χ0v) is 28.3. The molecule has 4 amide bonds. The summed E-state index contributed by atoms with van der Waals surface area (Å²) < 4.78 is 5.58. The number of carbonyl (C=O) groups is 4. The number of aryl methyl sites for hydroxylation is 1. The van der Waals surface area contributed by atoms with E-state index in [9.17, 15) is 29.6 Å². The van der Waals surface area contributed by atoms with E-state index in [2.05, 4.69) is 5.43 Å². The summed E-state index contributed by atoms with van der Waals surface area (Å²) in [6.45, 7) is 1.93. The highest BCUT2D eigenvalue weighted by atomic mass is 16.6. The van der Waals surface area contributed by atoms with Gasteiger partial charge in [-0.1, -0.05) is 59.7 Å². The molecule has 6 atom stereocenters. The van der Waals surface area contributed by atoms with Crippen LogP contribution in [0.2, 0.25) is 0 Å². The van der Waals surface area contributed by atoms with E-state index in [-0.39, 0.29) is 30.0 Å². The summed E-state index contributed by atoms with van der Waals surface area (Å²) in [6.07, 6.45) is 2.15. The van der Waals surface area contributed by atoms with E-state index in [1.165, 1.54) is 37.4 Å². The molecular weight excluding hydrogens is 664 g/mol. The van der Waals surface area contributed by atoms with E-state index in [0.29, 0.717) is 28.1 Å². The Morgan fingerprint density at radius 1 is 0.885 bits per heavy atom. The second-order valence-electron chi connectivity index (χ2n) is 13.8. The number of nitro groups is 1. The number of carbonyl (C=O) groups excluding carboxylic acids is 4. The molecule has 0 spiro atoms. The van der Waals surface area contributed by atoms with Gasteiger partial charge in [-0.25, -0.2) is 0 Å². The molecule has 3 fully saturated rings. The van der Waals surface area contributed by atoms with Gasteiger partial charge < -0.3 is 9.84 Å². The van der Waals surface area contributed by atoms with Crippen LogP contribution < -0.4 is 15.1 Å². The molecule has 2 heterocycles. The Bertz CT molecular complexity index is 2190. The zero-order valence-electron chi connectivity index (χ0n) is 28.3. The van der Waals surface area contributed by atoms with Crippen molar-refractivity contribution >= 4 is 40.7 Å². The molecule has 0 aromatic heterocycles. The molecule has 4 aromatic rings. The first-order valence-electron chi connectivity index (χ1n) is 17.0. The number of rotatable bonds is 7. The van der Waals surface area contributed by atoms with Crippen molar-refractivity contribution in [3.8, 4) is 11.5 Å². The molecule has 12 heteroatoms. The number of anilines is 2. The summed E-state index contributed by atoms with van der Waals surface area (Å²) in [5.41, 5.74) is 4.67. The van der Waals surface area contributed by atoms with Crippen molar-refractivity contribution in [2.75, 3.05) is 17.4 Å². The fraction of sp³-hybridized carbons (Fsp3) is 0.250. The van der Waals surface area contributed by atoms with Crippen molar-refractivity contribution < 1.29 is 33.9 Å². The SMILES string of the molecule is COc1ccc(O)c([C@H]2C3=CC[C@@H]4C(=O)N(c5ccc([N+](=O)[O-])cc5)C(=O)[C@@H]4[C@@H]3C[C@H]3C(=O)N(Nc4ccc(C)cc4)C(=O)[C@@]23c2ccccc2)c1. The smallest absolute Gasteiger partial charge is 0.269 e. The number of imide groups is 2. The van der Waals surface area contributed by atoms with Gasteiger partial charge in [-0.2, -0.15) is 5.01 Å². The molecule has 0 bridgehead atoms.